The summed E-state index contributed by atoms with van der Waals surface area (Å²) < 4.78 is 13.0. The van der Waals surface area contributed by atoms with Gasteiger partial charge in [0.15, 0.2) is 5.82 Å². The molecule has 7 heteroatoms. The Morgan fingerprint density at radius 1 is 1.00 bits per heavy atom. The van der Waals surface area contributed by atoms with E-state index in [2.05, 4.69) is 15.0 Å². The highest BCUT2D eigenvalue weighted by molar-refractivity contribution is 7.13. The first-order chi connectivity index (χ1) is 9.65. The molecule has 0 unspecified atom stereocenters. The summed E-state index contributed by atoms with van der Waals surface area (Å²) in [5.41, 5.74) is 2.83. The SMILES string of the molecule is Fc1ccc(-c2c(Cl)nc(-c3cncs3)nc2Cl)cc1. The molecule has 0 bridgehead atoms. The lowest BCUT2D eigenvalue weighted by molar-refractivity contribution is 0.628. The third-order valence-electron chi connectivity index (χ3n) is 2.61. The normalized spacial score (nSPS) is 10.8. The molecule has 0 aliphatic heterocycles. The van der Waals surface area contributed by atoms with Gasteiger partial charge < -0.3 is 0 Å². The molecule has 0 aliphatic rings. The number of halogens is 3. The van der Waals surface area contributed by atoms with Crippen molar-refractivity contribution in [2.45, 2.75) is 0 Å². The summed E-state index contributed by atoms with van der Waals surface area (Å²) in [4.78, 5) is 13.2. The van der Waals surface area contributed by atoms with E-state index in [1.165, 1.54) is 23.5 Å². The lowest BCUT2D eigenvalue weighted by Gasteiger charge is -2.07. The van der Waals surface area contributed by atoms with E-state index < -0.39 is 0 Å². The molecule has 0 N–H and O–H groups in total. The van der Waals surface area contributed by atoms with Crippen LogP contribution in [0.5, 0.6) is 0 Å². The number of aromatic nitrogens is 3. The van der Waals surface area contributed by atoms with Crippen LogP contribution in [-0.4, -0.2) is 15.0 Å². The Labute approximate surface area is 128 Å². The molecule has 3 aromatic rings. The van der Waals surface area contributed by atoms with Gasteiger partial charge in [0.1, 0.15) is 16.1 Å². The molecule has 0 spiro atoms. The van der Waals surface area contributed by atoms with Crippen LogP contribution in [0.1, 0.15) is 0 Å². The highest BCUT2D eigenvalue weighted by atomic mass is 35.5. The molecule has 0 amide bonds. The van der Waals surface area contributed by atoms with Crippen LogP contribution >= 0.6 is 34.5 Å². The highest BCUT2D eigenvalue weighted by Gasteiger charge is 2.15. The first-order valence-electron chi connectivity index (χ1n) is 5.53. The Kier molecular flexibility index (Phi) is 3.65. The molecule has 3 rings (SSSR count). The standard InChI is InChI=1S/C13H6Cl2FN3S/c14-11-10(7-1-3-8(16)4-2-7)12(15)19-13(18-11)9-5-17-6-20-9/h1-6H. The molecule has 0 saturated carbocycles. The molecule has 0 saturated heterocycles. The number of benzene rings is 1. The van der Waals surface area contributed by atoms with Crippen molar-refractivity contribution >= 4 is 34.5 Å². The average Bonchev–Trinajstić information content (AvgIpc) is 2.94. The van der Waals surface area contributed by atoms with Crippen molar-refractivity contribution < 1.29 is 4.39 Å². The number of nitrogens with zero attached hydrogens (tertiary/aromatic N) is 3. The van der Waals surface area contributed by atoms with Crippen molar-refractivity contribution in [3.63, 3.8) is 0 Å². The highest BCUT2D eigenvalue weighted by Crippen LogP contribution is 2.34. The van der Waals surface area contributed by atoms with Crippen molar-refractivity contribution in [3.05, 3.63) is 52.1 Å². The van der Waals surface area contributed by atoms with Crippen LogP contribution in [0.4, 0.5) is 4.39 Å². The van der Waals surface area contributed by atoms with Gasteiger partial charge in [-0.05, 0) is 17.7 Å². The summed E-state index contributed by atoms with van der Waals surface area (Å²) in [6.07, 6.45) is 1.64. The summed E-state index contributed by atoms with van der Waals surface area (Å²) in [7, 11) is 0. The molecule has 1 aromatic carbocycles. The van der Waals surface area contributed by atoms with Gasteiger partial charge in [-0.2, -0.15) is 0 Å². The van der Waals surface area contributed by atoms with Crippen molar-refractivity contribution in [2.75, 3.05) is 0 Å². The zero-order valence-electron chi connectivity index (χ0n) is 9.85. The number of hydrogen-bond donors (Lipinski definition) is 0. The molecule has 100 valence electrons. The molecular formula is C13H6Cl2FN3S. The fourth-order valence-corrected chi connectivity index (χ4v) is 2.86. The maximum atomic E-state index is 13.0. The van der Waals surface area contributed by atoms with Crippen LogP contribution in [0, 0.1) is 5.82 Å². The van der Waals surface area contributed by atoms with E-state index in [0.717, 1.165) is 4.88 Å². The summed E-state index contributed by atoms with van der Waals surface area (Å²) in [5, 5.41) is 0.444. The molecule has 20 heavy (non-hydrogen) atoms. The van der Waals surface area contributed by atoms with Crippen LogP contribution in [0.2, 0.25) is 10.3 Å². The second-order valence-electron chi connectivity index (χ2n) is 3.88. The predicted molar refractivity (Wildman–Crippen MR) is 78.6 cm³/mol. The molecule has 0 aliphatic carbocycles. The van der Waals surface area contributed by atoms with E-state index in [4.69, 9.17) is 23.2 Å². The van der Waals surface area contributed by atoms with Gasteiger partial charge in [0.05, 0.1) is 16.0 Å². The summed E-state index contributed by atoms with van der Waals surface area (Å²) >= 11 is 13.8. The summed E-state index contributed by atoms with van der Waals surface area (Å²) in [5.74, 6) is 0.0940. The Bertz CT molecular complexity index is 722. The fourth-order valence-electron chi connectivity index (χ4n) is 1.70. The van der Waals surface area contributed by atoms with Gasteiger partial charge in [-0.15, -0.1) is 11.3 Å². The molecule has 0 radical (unpaired) electrons. The van der Waals surface area contributed by atoms with Crippen LogP contribution in [0.15, 0.2) is 36.0 Å². The molecule has 2 heterocycles. The van der Waals surface area contributed by atoms with Crippen LogP contribution < -0.4 is 0 Å². The van der Waals surface area contributed by atoms with E-state index in [0.29, 0.717) is 17.0 Å². The van der Waals surface area contributed by atoms with Crippen molar-refractivity contribution in [2.24, 2.45) is 0 Å². The largest absolute Gasteiger partial charge is 0.252 e. The quantitative estimate of drug-likeness (QED) is 0.640. The van der Waals surface area contributed by atoms with Gasteiger partial charge in [0.25, 0.3) is 0 Å². The van der Waals surface area contributed by atoms with E-state index in [1.54, 1.807) is 23.8 Å². The second-order valence-corrected chi connectivity index (χ2v) is 5.48. The van der Waals surface area contributed by atoms with E-state index in [1.807, 2.05) is 0 Å². The monoisotopic (exact) mass is 325 g/mol. The van der Waals surface area contributed by atoms with Gasteiger partial charge in [-0.25, -0.2) is 14.4 Å². The molecule has 3 nitrogen and oxygen atoms in total. The fraction of sp³-hybridized carbons (Fsp3) is 0. The zero-order valence-corrected chi connectivity index (χ0v) is 12.2. The van der Waals surface area contributed by atoms with E-state index in [9.17, 15) is 4.39 Å². The second kappa shape index (κ2) is 5.44. The topological polar surface area (TPSA) is 38.7 Å². The number of thiazole rings is 1. The lowest BCUT2D eigenvalue weighted by Crippen LogP contribution is -1.93. The maximum Gasteiger partial charge on any atom is 0.174 e. The van der Waals surface area contributed by atoms with Gasteiger partial charge in [-0.3, -0.25) is 4.98 Å². The Morgan fingerprint density at radius 3 is 2.20 bits per heavy atom. The Hall–Kier alpha value is -1.56. The van der Waals surface area contributed by atoms with Crippen LogP contribution in [0.25, 0.3) is 21.8 Å². The summed E-state index contributed by atoms with van der Waals surface area (Å²) in [6.45, 7) is 0. The molecule has 0 atom stereocenters. The van der Waals surface area contributed by atoms with E-state index >= 15 is 0 Å². The molecule has 0 fully saturated rings. The zero-order chi connectivity index (χ0) is 14.1. The van der Waals surface area contributed by atoms with Gasteiger partial charge in [0.2, 0.25) is 0 Å². The smallest absolute Gasteiger partial charge is 0.174 e. The first-order valence-corrected chi connectivity index (χ1v) is 7.16. The van der Waals surface area contributed by atoms with Crippen molar-refractivity contribution in [1.29, 1.82) is 0 Å². The van der Waals surface area contributed by atoms with Gasteiger partial charge in [-0.1, -0.05) is 35.3 Å². The minimum Gasteiger partial charge on any atom is -0.252 e. The predicted octanol–water partition coefficient (Wildman–Crippen LogP) is 4.71. The Morgan fingerprint density at radius 2 is 1.65 bits per heavy atom. The third-order valence-corrected chi connectivity index (χ3v) is 3.92. The van der Waals surface area contributed by atoms with Gasteiger partial charge in [0, 0.05) is 6.20 Å². The van der Waals surface area contributed by atoms with Crippen molar-refractivity contribution in [1.82, 2.24) is 15.0 Å². The minimum absolute atomic E-state index is 0.222. The van der Waals surface area contributed by atoms with E-state index in [-0.39, 0.29) is 16.1 Å². The molecule has 2 aromatic heterocycles. The first kappa shape index (κ1) is 13.4. The Balaban J connectivity index is 2.11. The maximum absolute atomic E-state index is 13.0. The number of rotatable bonds is 2. The number of hydrogen-bond acceptors (Lipinski definition) is 4. The van der Waals surface area contributed by atoms with Gasteiger partial charge >= 0.3 is 0 Å². The molecular weight excluding hydrogens is 320 g/mol. The lowest BCUT2D eigenvalue weighted by atomic mass is 10.1. The average molecular weight is 326 g/mol. The third kappa shape index (κ3) is 2.52. The summed E-state index contributed by atoms with van der Waals surface area (Å²) in [6, 6.07) is 5.83. The van der Waals surface area contributed by atoms with Crippen molar-refractivity contribution in [3.8, 4) is 21.8 Å². The van der Waals surface area contributed by atoms with Crippen LogP contribution in [-0.2, 0) is 0 Å². The minimum atomic E-state index is -0.330. The van der Waals surface area contributed by atoms with Crippen LogP contribution in [0.3, 0.4) is 0 Å².